The first kappa shape index (κ1) is 17.3. The van der Waals surface area contributed by atoms with Crippen molar-refractivity contribution >= 4 is 11.7 Å². The maximum atomic E-state index is 12.7. The largest absolute Gasteiger partial charge is 0.360 e. The number of nitrogens with one attached hydrogen (secondary N) is 1. The number of aryl methyl sites for hydroxylation is 1. The Hall–Kier alpha value is -3.07. The molecule has 0 saturated heterocycles. The normalized spacial score (nSPS) is 11.2. The van der Waals surface area contributed by atoms with Gasteiger partial charge in [0.2, 0.25) is 0 Å². The number of hydrogen-bond acceptors (Lipinski definition) is 5. The van der Waals surface area contributed by atoms with E-state index >= 15 is 0 Å². The van der Waals surface area contributed by atoms with Crippen LogP contribution < -0.4 is 5.32 Å². The Morgan fingerprint density at radius 3 is 2.67 bits per heavy atom. The molecule has 1 heterocycles. The van der Waals surface area contributed by atoms with Crippen molar-refractivity contribution in [2.45, 2.75) is 33.4 Å². The van der Waals surface area contributed by atoms with Crippen molar-refractivity contribution in [2.75, 3.05) is 5.32 Å². The first-order chi connectivity index (χ1) is 11.5. The van der Waals surface area contributed by atoms with Crippen LogP contribution in [0.5, 0.6) is 0 Å². The number of benzene rings is 1. The van der Waals surface area contributed by atoms with E-state index in [1.165, 1.54) is 6.20 Å². The molecular weight excluding hydrogens is 304 g/mol. The van der Waals surface area contributed by atoms with Crippen LogP contribution >= 0.6 is 0 Å². The lowest BCUT2D eigenvalue weighted by Crippen LogP contribution is -2.37. The maximum absolute atomic E-state index is 12.7. The maximum Gasteiger partial charge on any atom is 0.266 e. The highest BCUT2D eigenvalue weighted by Crippen LogP contribution is 2.13. The van der Waals surface area contributed by atoms with Crippen LogP contribution in [0.4, 0.5) is 5.82 Å². The van der Waals surface area contributed by atoms with E-state index < -0.39 is 0 Å². The van der Waals surface area contributed by atoms with Gasteiger partial charge in [0, 0.05) is 24.9 Å². The van der Waals surface area contributed by atoms with E-state index in [1.54, 1.807) is 17.9 Å². The Kier molecular flexibility index (Phi) is 5.74. The second-order valence-electron chi connectivity index (χ2n) is 5.65. The highest BCUT2D eigenvalue weighted by Gasteiger charge is 2.21. The summed E-state index contributed by atoms with van der Waals surface area (Å²) in [6.07, 6.45) is 1.36. The summed E-state index contributed by atoms with van der Waals surface area (Å²) in [4.78, 5) is 14.4. The lowest BCUT2D eigenvalue weighted by atomic mass is 10.1. The van der Waals surface area contributed by atoms with Gasteiger partial charge < -0.3 is 14.7 Å². The molecule has 6 heteroatoms. The molecule has 2 rings (SSSR count). The van der Waals surface area contributed by atoms with E-state index in [9.17, 15) is 10.1 Å². The van der Waals surface area contributed by atoms with E-state index in [2.05, 4.69) is 10.5 Å². The molecule has 1 aromatic carbocycles. The first-order valence-corrected chi connectivity index (χ1v) is 7.66. The summed E-state index contributed by atoms with van der Waals surface area (Å²) in [6.45, 7) is 6.05. The second kappa shape index (κ2) is 7.97. The summed E-state index contributed by atoms with van der Waals surface area (Å²) in [6, 6.07) is 13.3. The van der Waals surface area contributed by atoms with Gasteiger partial charge in [-0.1, -0.05) is 35.5 Å². The van der Waals surface area contributed by atoms with Crippen LogP contribution in [0.15, 0.2) is 52.7 Å². The SMILES string of the molecule is Cc1cc(N/C=C(/C#N)C(=O)N(Cc2ccccc2)C(C)C)no1. The van der Waals surface area contributed by atoms with E-state index in [4.69, 9.17) is 4.52 Å². The average Bonchev–Trinajstić information content (AvgIpc) is 2.99. The van der Waals surface area contributed by atoms with E-state index in [0.29, 0.717) is 18.1 Å². The Labute approximate surface area is 141 Å². The standard InChI is InChI=1S/C18H20N4O2/c1-13(2)22(12-15-7-5-4-6-8-15)18(23)16(10-19)11-20-17-9-14(3)24-21-17/h4-9,11,13H,12H2,1-3H3,(H,20,21)/b16-11-. The quantitative estimate of drug-likeness (QED) is 0.651. The molecule has 1 aromatic heterocycles. The Morgan fingerprint density at radius 2 is 2.12 bits per heavy atom. The lowest BCUT2D eigenvalue weighted by Gasteiger charge is -2.26. The molecule has 0 aliphatic heterocycles. The lowest BCUT2D eigenvalue weighted by molar-refractivity contribution is -0.129. The van der Waals surface area contributed by atoms with Gasteiger partial charge in [0.25, 0.3) is 5.91 Å². The predicted octanol–water partition coefficient (Wildman–Crippen LogP) is 3.24. The summed E-state index contributed by atoms with van der Waals surface area (Å²) >= 11 is 0. The van der Waals surface area contributed by atoms with Crippen molar-refractivity contribution in [3.8, 4) is 6.07 Å². The Balaban J connectivity index is 2.15. The van der Waals surface area contributed by atoms with Crippen LogP contribution in [0.3, 0.4) is 0 Å². The number of nitrogens with zero attached hydrogens (tertiary/aromatic N) is 3. The van der Waals surface area contributed by atoms with Gasteiger partial charge in [-0.05, 0) is 26.3 Å². The number of carbonyl (C=O) groups excluding carboxylic acids is 1. The molecular formula is C18H20N4O2. The molecule has 1 N–H and O–H groups in total. The fourth-order valence-electron chi connectivity index (χ4n) is 2.15. The highest BCUT2D eigenvalue weighted by molar-refractivity contribution is 5.97. The molecule has 24 heavy (non-hydrogen) atoms. The van der Waals surface area contributed by atoms with E-state index in [1.807, 2.05) is 50.2 Å². The van der Waals surface area contributed by atoms with Gasteiger partial charge >= 0.3 is 0 Å². The summed E-state index contributed by atoms with van der Waals surface area (Å²) in [5.74, 6) is 0.764. The zero-order valence-electron chi connectivity index (χ0n) is 14.0. The smallest absolute Gasteiger partial charge is 0.266 e. The van der Waals surface area contributed by atoms with Crippen molar-refractivity contribution in [3.05, 3.63) is 59.5 Å². The number of anilines is 1. The monoisotopic (exact) mass is 324 g/mol. The zero-order valence-corrected chi connectivity index (χ0v) is 14.0. The first-order valence-electron chi connectivity index (χ1n) is 7.66. The van der Waals surface area contributed by atoms with Crippen molar-refractivity contribution in [3.63, 3.8) is 0 Å². The molecule has 0 aliphatic rings. The Morgan fingerprint density at radius 1 is 1.42 bits per heavy atom. The number of nitriles is 1. The number of carbonyl (C=O) groups is 1. The van der Waals surface area contributed by atoms with Gasteiger partial charge in [-0.15, -0.1) is 0 Å². The molecule has 124 valence electrons. The van der Waals surface area contributed by atoms with Crippen LogP contribution in [0.2, 0.25) is 0 Å². The molecule has 6 nitrogen and oxygen atoms in total. The van der Waals surface area contributed by atoms with E-state index in [0.717, 1.165) is 5.56 Å². The van der Waals surface area contributed by atoms with Crippen LogP contribution in [-0.2, 0) is 11.3 Å². The zero-order chi connectivity index (χ0) is 17.5. The van der Waals surface area contributed by atoms with Crippen molar-refractivity contribution in [1.29, 1.82) is 5.26 Å². The van der Waals surface area contributed by atoms with Crippen LogP contribution in [0.25, 0.3) is 0 Å². The van der Waals surface area contributed by atoms with Gasteiger partial charge in [0.05, 0.1) is 0 Å². The van der Waals surface area contributed by atoms with Gasteiger partial charge in [0.1, 0.15) is 17.4 Å². The predicted molar refractivity (Wildman–Crippen MR) is 90.7 cm³/mol. The van der Waals surface area contributed by atoms with Crippen molar-refractivity contribution in [1.82, 2.24) is 10.1 Å². The summed E-state index contributed by atoms with van der Waals surface area (Å²) < 4.78 is 4.94. The number of hydrogen-bond donors (Lipinski definition) is 1. The van der Waals surface area contributed by atoms with Crippen molar-refractivity contribution in [2.24, 2.45) is 0 Å². The summed E-state index contributed by atoms with van der Waals surface area (Å²) in [7, 11) is 0. The van der Waals surface area contributed by atoms with Crippen LogP contribution in [0.1, 0.15) is 25.2 Å². The minimum atomic E-state index is -0.330. The molecule has 0 aliphatic carbocycles. The molecule has 0 spiro atoms. The fourth-order valence-corrected chi connectivity index (χ4v) is 2.15. The number of aromatic nitrogens is 1. The molecule has 1 amide bonds. The third-order valence-corrected chi connectivity index (χ3v) is 3.42. The molecule has 2 aromatic rings. The number of rotatable bonds is 6. The minimum absolute atomic E-state index is 0.0142. The minimum Gasteiger partial charge on any atom is -0.360 e. The van der Waals surface area contributed by atoms with Gasteiger partial charge in [-0.3, -0.25) is 4.79 Å². The van der Waals surface area contributed by atoms with Gasteiger partial charge in [-0.2, -0.15) is 5.26 Å². The average molecular weight is 324 g/mol. The molecule has 0 radical (unpaired) electrons. The van der Waals surface area contributed by atoms with Gasteiger partial charge in [-0.25, -0.2) is 0 Å². The number of amides is 1. The summed E-state index contributed by atoms with van der Waals surface area (Å²) in [5, 5.41) is 15.9. The molecule has 0 fully saturated rings. The van der Waals surface area contributed by atoms with Crippen molar-refractivity contribution < 1.29 is 9.32 Å². The third kappa shape index (κ3) is 4.46. The van der Waals surface area contributed by atoms with Crippen LogP contribution in [-0.4, -0.2) is 22.0 Å². The third-order valence-electron chi connectivity index (χ3n) is 3.42. The fraction of sp³-hybridized carbons (Fsp3) is 0.278. The topological polar surface area (TPSA) is 82.2 Å². The second-order valence-corrected chi connectivity index (χ2v) is 5.65. The van der Waals surface area contributed by atoms with Crippen LogP contribution in [0, 0.1) is 18.3 Å². The molecule has 0 bridgehead atoms. The summed E-state index contributed by atoms with van der Waals surface area (Å²) in [5.41, 5.74) is 1.03. The molecule has 0 saturated carbocycles. The van der Waals surface area contributed by atoms with Gasteiger partial charge in [0.15, 0.2) is 5.82 Å². The molecule has 0 atom stereocenters. The van der Waals surface area contributed by atoms with E-state index in [-0.39, 0.29) is 17.5 Å². The highest BCUT2D eigenvalue weighted by atomic mass is 16.5. The Bertz CT molecular complexity index is 757. The molecule has 0 unspecified atom stereocenters.